The fourth-order valence-electron chi connectivity index (χ4n) is 6.38. The van der Waals surface area contributed by atoms with Crippen LogP contribution in [0, 0.1) is 0 Å². The second kappa shape index (κ2) is 12.2. The average molecular weight is 626 g/mol. The Morgan fingerprint density at radius 2 is 1.91 bits per heavy atom. The number of benzene rings is 2. The van der Waals surface area contributed by atoms with Crippen molar-refractivity contribution in [3.63, 3.8) is 0 Å². The van der Waals surface area contributed by atoms with E-state index < -0.39 is 5.60 Å². The molecule has 234 valence electrons. The fourth-order valence-corrected chi connectivity index (χ4v) is 6.57. The minimum absolute atomic E-state index is 0.170. The van der Waals surface area contributed by atoms with E-state index in [0.29, 0.717) is 5.56 Å². The molecule has 4 aromatic rings. The van der Waals surface area contributed by atoms with Crippen LogP contribution in [0.4, 0.5) is 5.82 Å². The van der Waals surface area contributed by atoms with Gasteiger partial charge < -0.3 is 18.9 Å². The maximum absolute atomic E-state index is 12.8. The third kappa shape index (κ3) is 6.64. The van der Waals surface area contributed by atoms with E-state index >= 15 is 0 Å². The largest absolute Gasteiger partial charge is 0.456 e. The lowest BCUT2D eigenvalue weighted by Gasteiger charge is -2.31. The van der Waals surface area contributed by atoms with Gasteiger partial charge in [0, 0.05) is 37.8 Å². The van der Waals surface area contributed by atoms with Crippen molar-refractivity contribution < 1.29 is 14.3 Å². The highest BCUT2D eigenvalue weighted by molar-refractivity contribution is 6.30. The van der Waals surface area contributed by atoms with Gasteiger partial charge in [-0.3, -0.25) is 4.90 Å². The molecule has 2 aromatic heterocycles. The average Bonchev–Trinajstić information content (AvgIpc) is 3.34. The topological polar surface area (TPSA) is 72.7 Å². The van der Waals surface area contributed by atoms with Crippen molar-refractivity contribution in [2.75, 3.05) is 31.1 Å². The minimum Gasteiger partial charge on any atom is -0.456 e. The molecule has 0 bridgehead atoms. The summed E-state index contributed by atoms with van der Waals surface area (Å²) >= 11 is 6.22. The van der Waals surface area contributed by atoms with Crippen LogP contribution in [0.2, 0.25) is 5.02 Å². The number of imidazole rings is 1. The van der Waals surface area contributed by atoms with Crippen LogP contribution in [0.5, 0.6) is 0 Å². The van der Waals surface area contributed by atoms with Crippen LogP contribution in [0.15, 0.2) is 60.7 Å². The Bertz CT molecular complexity index is 1770. The number of pyridine rings is 1. The first-order valence-corrected chi connectivity index (χ1v) is 16.3. The van der Waals surface area contributed by atoms with Crippen molar-refractivity contribution in [1.82, 2.24) is 19.4 Å². The summed E-state index contributed by atoms with van der Waals surface area (Å²) in [6.07, 6.45) is 5.41. The molecule has 1 saturated heterocycles. The molecule has 2 aromatic carbocycles. The van der Waals surface area contributed by atoms with E-state index in [0.717, 1.165) is 98.5 Å². The van der Waals surface area contributed by atoms with Crippen molar-refractivity contribution in [1.29, 1.82) is 0 Å². The van der Waals surface area contributed by atoms with Crippen LogP contribution in [-0.4, -0.2) is 63.4 Å². The molecular weight excluding hydrogens is 586 g/mol. The number of rotatable bonds is 7. The van der Waals surface area contributed by atoms with Crippen LogP contribution in [0.1, 0.15) is 66.6 Å². The number of hydrogen-bond donors (Lipinski definition) is 0. The van der Waals surface area contributed by atoms with Crippen molar-refractivity contribution in [2.45, 2.75) is 71.4 Å². The summed E-state index contributed by atoms with van der Waals surface area (Å²) in [5.74, 6) is 1.69. The molecule has 45 heavy (non-hydrogen) atoms. The Balaban J connectivity index is 1.07. The number of hydrogen-bond acceptors (Lipinski definition) is 7. The molecule has 0 aliphatic carbocycles. The molecule has 3 aliphatic rings. The second-order valence-electron chi connectivity index (χ2n) is 13.3. The zero-order valence-corrected chi connectivity index (χ0v) is 27.0. The van der Waals surface area contributed by atoms with Crippen LogP contribution in [-0.2, 0) is 35.5 Å². The number of anilines is 1. The van der Waals surface area contributed by atoms with Crippen molar-refractivity contribution in [3.8, 4) is 0 Å². The second-order valence-corrected chi connectivity index (χ2v) is 13.7. The van der Waals surface area contributed by atoms with E-state index in [4.69, 9.17) is 31.0 Å². The number of aromatic nitrogens is 3. The van der Waals surface area contributed by atoms with Gasteiger partial charge in [0.2, 0.25) is 0 Å². The van der Waals surface area contributed by atoms with Gasteiger partial charge in [-0.15, -0.1) is 0 Å². The van der Waals surface area contributed by atoms with Crippen molar-refractivity contribution >= 4 is 40.0 Å². The van der Waals surface area contributed by atoms with Crippen LogP contribution < -0.4 is 4.90 Å². The van der Waals surface area contributed by atoms with Gasteiger partial charge in [-0.25, -0.2) is 14.8 Å². The molecule has 0 saturated carbocycles. The number of fused-ring (bicyclic) bond motifs is 2. The molecule has 7 rings (SSSR count). The van der Waals surface area contributed by atoms with Crippen LogP contribution in [0.25, 0.3) is 16.6 Å². The molecule has 0 spiro atoms. The standard InChI is InChI=1S/C36H40ClN5O3/c1-36(2,3)45-35(43)26-8-10-31-32(20-26)42(22-29-14-18-44-29)34(39-31)23-40-15-11-24(12-16-40)30-5-4-6-33(38-30)41-17-13-25-19-28(37)9-7-27(25)21-41/h4-11,19-20,29H,12-18,21-23H2,1-3H3/t29-/m0/s1. The maximum atomic E-state index is 12.8. The zero-order chi connectivity index (χ0) is 31.1. The third-order valence-electron chi connectivity index (χ3n) is 8.87. The fraction of sp³-hybridized carbons (Fsp3) is 0.417. The number of carbonyl (C=O) groups excluding carboxylic acids is 1. The monoisotopic (exact) mass is 625 g/mol. The number of ether oxygens (including phenoxy) is 2. The summed E-state index contributed by atoms with van der Waals surface area (Å²) in [5.41, 5.74) is 6.82. The Kier molecular flexibility index (Phi) is 8.14. The highest BCUT2D eigenvalue weighted by Gasteiger charge is 2.25. The maximum Gasteiger partial charge on any atom is 0.338 e. The van der Waals surface area contributed by atoms with Gasteiger partial charge in [0.05, 0.1) is 41.5 Å². The first-order chi connectivity index (χ1) is 21.7. The lowest BCUT2D eigenvalue weighted by Crippen LogP contribution is -2.34. The Morgan fingerprint density at radius 3 is 2.67 bits per heavy atom. The van der Waals surface area contributed by atoms with Gasteiger partial charge in [-0.1, -0.05) is 29.8 Å². The molecule has 5 heterocycles. The molecule has 9 heteroatoms. The molecule has 0 unspecified atom stereocenters. The van der Waals surface area contributed by atoms with E-state index in [1.807, 2.05) is 45.0 Å². The summed E-state index contributed by atoms with van der Waals surface area (Å²) < 4.78 is 13.7. The first-order valence-electron chi connectivity index (χ1n) is 15.9. The highest BCUT2D eigenvalue weighted by atomic mass is 35.5. The Hall–Kier alpha value is -3.72. The predicted octanol–water partition coefficient (Wildman–Crippen LogP) is 6.68. The van der Waals surface area contributed by atoms with E-state index in [1.165, 1.54) is 16.7 Å². The van der Waals surface area contributed by atoms with Gasteiger partial charge in [0.25, 0.3) is 0 Å². The molecule has 8 nitrogen and oxygen atoms in total. The molecular formula is C36H40ClN5O3. The lowest BCUT2D eigenvalue weighted by atomic mass is 9.99. The predicted molar refractivity (Wildman–Crippen MR) is 178 cm³/mol. The van der Waals surface area contributed by atoms with Gasteiger partial charge in [-0.2, -0.15) is 0 Å². The molecule has 3 aliphatic heterocycles. The minimum atomic E-state index is -0.552. The van der Waals surface area contributed by atoms with Crippen LogP contribution >= 0.6 is 11.6 Å². The summed E-state index contributed by atoms with van der Waals surface area (Å²) in [6.45, 7) is 11.4. The van der Waals surface area contributed by atoms with Crippen molar-refractivity contribution in [2.24, 2.45) is 0 Å². The van der Waals surface area contributed by atoms with Gasteiger partial charge >= 0.3 is 5.97 Å². The molecule has 1 fully saturated rings. The highest BCUT2D eigenvalue weighted by Crippen LogP contribution is 2.29. The SMILES string of the molecule is CC(C)(C)OC(=O)c1ccc2nc(CN3CC=C(c4cccc(N5CCc6cc(Cl)ccc6C5)n4)CC3)n(C[C@@H]3CCO3)c2c1. The van der Waals surface area contributed by atoms with Crippen molar-refractivity contribution in [3.05, 3.63) is 93.9 Å². The van der Waals surface area contributed by atoms with Gasteiger partial charge in [-0.05, 0) is 99.2 Å². The van der Waals surface area contributed by atoms with Crippen LogP contribution in [0.3, 0.4) is 0 Å². The Morgan fingerprint density at radius 1 is 1.04 bits per heavy atom. The van der Waals surface area contributed by atoms with E-state index in [-0.39, 0.29) is 12.1 Å². The summed E-state index contributed by atoms with van der Waals surface area (Å²) in [6, 6.07) is 18.2. The number of esters is 1. The molecule has 1 atom stereocenters. The summed E-state index contributed by atoms with van der Waals surface area (Å²) in [4.78, 5) is 27.8. The van der Waals surface area contributed by atoms with Gasteiger partial charge in [0.1, 0.15) is 17.2 Å². The zero-order valence-electron chi connectivity index (χ0n) is 26.3. The first kappa shape index (κ1) is 30.0. The molecule has 0 amide bonds. The normalized spacial score (nSPS) is 18.8. The van der Waals surface area contributed by atoms with E-state index in [2.05, 4.69) is 50.8 Å². The third-order valence-corrected chi connectivity index (χ3v) is 9.10. The summed E-state index contributed by atoms with van der Waals surface area (Å²) in [5, 5.41) is 0.803. The smallest absolute Gasteiger partial charge is 0.338 e. The van der Waals surface area contributed by atoms with Gasteiger partial charge in [0.15, 0.2) is 0 Å². The summed E-state index contributed by atoms with van der Waals surface area (Å²) in [7, 11) is 0. The molecule has 0 radical (unpaired) electrons. The number of halogens is 1. The number of carbonyl (C=O) groups is 1. The molecule has 0 N–H and O–H groups in total. The number of nitrogens with zero attached hydrogens (tertiary/aromatic N) is 5. The van der Waals surface area contributed by atoms with E-state index in [1.54, 1.807) is 0 Å². The van der Waals surface area contributed by atoms with E-state index in [9.17, 15) is 4.79 Å². The lowest BCUT2D eigenvalue weighted by molar-refractivity contribution is -0.0591. The quantitative estimate of drug-likeness (QED) is 0.212. The Labute approximate surface area is 269 Å².